The molecule has 86 valence electrons. The number of rotatable bonds is 3. The fraction of sp³-hybridized carbons (Fsp3) is 0.667. The third-order valence-corrected chi connectivity index (χ3v) is 3.93. The Balaban J connectivity index is 2.31. The SMILES string of the molecule is CNC(=O)C=CCN1CCS(=O)(=O)CC1. The normalized spacial score (nSPS) is 21.7. The zero-order chi connectivity index (χ0) is 11.3. The summed E-state index contributed by atoms with van der Waals surface area (Å²) < 4.78 is 22.2. The van der Waals surface area contributed by atoms with Gasteiger partial charge in [-0.05, 0) is 0 Å². The van der Waals surface area contributed by atoms with Crippen molar-refractivity contribution in [2.45, 2.75) is 0 Å². The standard InChI is InChI=1S/C9H16N2O3S/c1-10-9(12)3-2-4-11-5-7-15(13,14)8-6-11/h2-3H,4-8H2,1H3,(H,10,12). The molecule has 0 aliphatic carbocycles. The van der Waals surface area contributed by atoms with Crippen LogP contribution in [0.1, 0.15) is 0 Å². The van der Waals surface area contributed by atoms with Gasteiger partial charge in [0.15, 0.2) is 9.84 Å². The van der Waals surface area contributed by atoms with Crippen LogP contribution in [-0.4, -0.2) is 57.4 Å². The first-order valence-corrected chi connectivity index (χ1v) is 6.67. The monoisotopic (exact) mass is 232 g/mol. The number of likely N-dealkylation sites (N-methyl/N-ethyl adjacent to an activating group) is 1. The predicted octanol–water partition coefficient (Wildman–Crippen LogP) is -0.981. The molecule has 0 aromatic heterocycles. The van der Waals surface area contributed by atoms with Crippen LogP contribution in [0.4, 0.5) is 0 Å². The quantitative estimate of drug-likeness (QED) is 0.635. The van der Waals surface area contributed by atoms with E-state index in [1.807, 2.05) is 4.90 Å². The Kier molecular flexibility index (Phi) is 4.28. The van der Waals surface area contributed by atoms with E-state index in [4.69, 9.17) is 0 Å². The molecule has 1 aliphatic heterocycles. The van der Waals surface area contributed by atoms with Gasteiger partial charge < -0.3 is 5.32 Å². The van der Waals surface area contributed by atoms with Crippen molar-refractivity contribution in [2.24, 2.45) is 0 Å². The lowest BCUT2D eigenvalue weighted by Gasteiger charge is -2.24. The van der Waals surface area contributed by atoms with E-state index in [0.29, 0.717) is 19.6 Å². The van der Waals surface area contributed by atoms with Gasteiger partial charge in [0.25, 0.3) is 0 Å². The summed E-state index contributed by atoms with van der Waals surface area (Å²) in [5, 5.41) is 2.48. The van der Waals surface area contributed by atoms with Gasteiger partial charge in [0.1, 0.15) is 0 Å². The van der Waals surface area contributed by atoms with Crippen LogP contribution >= 0.6 is 0 Å². The first kappa shape index (κ1) is 12.2. The summed E-state index contributed by atoms with van der Waals surface area (Å²) in [6.07, 6.45) is 3.21. The molecule has 0 aromatic rings. The molecule has 1 saturated heterocycles. The van der Waals surface area contributed by atoms with Gasteiger partial charge in [0, 0.05) is 32.8 Å². The number of nitrogens with one attached hydrogen (secondary N) is 1. The largest absolute Gasteiger partial charge is 0.356 e. The number of carbonyl (C=O) groups excluding carboxylic acids is 1. The summed E-state index contributed by atoms with van der Waals surface area (Å²) in [7, 11) is -1.24. The maximum absolute atomic E-state index is 11.1. The van der Waals surface area contributed by atoms with E-state index in [2.05, 4.69) is 5.32 Å². The molecule has 0 spiro atoms. The summed E-state index contributed by atoms with van der Waals surface area (Å²) in [5.74, 6) is 0.307. The molecule has 15 heavy (non-hydrogen) atoms. The Labute approximate surface area is 90.1 Å². The van der Waals surface area contributed by atoms with Crippen LogP contribution in [-0.2, 0) is 14.6 Å². The second kappa shape index (κ2) is 5.27. The highest BCUT2D eigenvalue weighted by Gasteiger charge is 2.20. The van der Waals surface area contributed by atoms with E-state index >= 15 is 0 Å². The van der Waals surface area contributed by atoms with Crippen molar-refractivity contribution in [3.63, 3.8) is 0 Å². The number of amides is 1. The maximum Gasteiger partial charge on any atom is 0.243 e. The average Bonchev–Trinajstić information content (AvgIpc) is 2.20. The fourth-order valence-corrected chi connectivity index (χ4v) is 2.60. The van der Waals surface area contributed by atoms with Crippen LogP contribution in [0.3, 0.4) is 0 Å². The van der Waals surface area contributed by atoms with Crippen LogP contribution < -0.4 is 5.32 Å². The van der Waals surface area contributed by atoms with Crippen molar-refractivity contribution in [3.8, 4) is 0 Å². The minimum atomic E-state index is -2.81. The van der Waals surface area contributed by atoms with Crippen molar-refractivity contribution in [2.75, 3.05) is 38.2 Å². The molecule has 6 heteroatoms. The lowest BCUT2D eigenvalue weighted by molar-refractivity contribution is -0.116. The molecule has 0 aromatic carbocycles. The van der Waals surface area contributed by atoms with Crippen LogP contribution in [0.25, 0.3) is 0 Å². The first-order chi connectivity index (χ1) is 7.03. The summed E-state index contributed by atoms with van der Waals surface area (Å²) in [4.78, 5) is 12.9. The first-order valence-electron chi connectivity index (χ1n) is 4.84. The zero-order valence-corrected chi connectivity index (χ0v) is 9.59. The average molecular weight is 232 g/mol. The smallest absolute Gasteiger partial charge is 0.243 e. The fourth-order valence-electron chi connectivity index (χ4n) is 1.32. The Morgan fingerprint density at radius 3 is 2.53 bits per heavy atom. The van der Waals surface area contributed by atoms with Crippen LogP contribution in [0.2, 0.25) is 0 Å². The van der Waals surface area contributed by atoms with E-state index in [9.17, 15) is 13.2 Å². The van der Waals surface area contributed by atoms with Crippen molar-refractivity contribution < 1.29 is 13.2 Å². The molecule has 0 bridgehead atoms. The molecular weight excluding hydrogens is 216 g/mol. The zero-order valence-electron chi connectivity index (χ0n) is 8.77. The molecule has 1 rings (SSSR count). The van der Waals surface area contributed by atoms with Crippen LogP contribution in [0.15, 0.2) is 12.2 Å². The van der Waals surface area contributed by atoms with Crippen molar-refractivity contribution >= 4 is 15.7 Å². The van der Waals surface area contributed by atoms with Gasteiger partial charge in [-0.1, -0.05) is 6.08 Å². The van der Waals surface area contributed by atoms with Crippen molar-refractivity contribution in [3.05, 3.63) is 12.2 Å². The lowest BCUT2D eigenvalue weighted by atomic mass is 10.4. The summed E-state index contributed by atoms with van der Waals surface area (Å²) in [5.41, 5.74) is 0. The Morgan fingerprint density at radius 1 is 1.40 bits per heavy atom. The number of nitrogens with zero attached hydrogens (tertiary/aromatic N) is 1. The molecule has 5 nitrogen and oxygen atoms in total. The second-order valence-corrected chi connectivity index (χ2v) is 5.77. The van der Waals surface area contributed by atoms with Gasteiger partial charge in [-0.2, -0.15) is 0 Å². The number of carbonyl (C=O) groups is 1. The van der Waals surface area contributed by atoms with Gasteiger partial charge >= 0.3 is 0 Å². The van der Waals surface area contributed by atoms with Gasteiger partial charge in [-0.3, -0.25) is 9.69 Å². The molecule has 0 unspecified atom stereocenters. The Morgan fingerprint density at radius 2 is 2.00 bits per heavy atom. The predicted molar refractivity (Wildman–Crippen MR) is 58.3 cm³/mol. The van der Waals surface area contributed by atoms with E-state index in [0.717, 1.165) is 0 Å². The van der Waals surface area contributed by atoms with Crippen molar-refractivity contribution in [1.82, 2.24) is 10.2 Å². The van der Waals surface area contributed by atoms with E-state index in [1.165, 1.54) is 6.08 Å². The third-order valence-electron chi connectivity index (χ3n) is 2.32. The topological polar surface area (TPSA) is 66.5 Å². The van der Waals surface area contributed by atoms with Crippen LogP contribution in [0, 0.1) is 0 Å². The summed E-state index contributed by atoms with van der Waals surface area (Å²) >= 11 is 0. The Bertz CT molecular complexity index is 334. The van der Waals surface area contributed by atoms with Gasteiger partial charge in [-0.25, -0.2) is 8.42 Å². The van der Waals surface area contributed by atoms with E-state index in [1.54, 1.807) is 13.1 Å². The number of hydrogen-bond acceptors (Lipinski definition) is 4. The highest BCUT2D eigenvalue weighted by atomic mass is 32.2. The molecule has 1 N–H and O–H groups in total. The minimum Gasteiger partial charge on any atom is -0.356 e. The summed E-state index contributed by atoms with van der Waals surface area (Å²) in [6.45, 7) is 1.74. The molecule has 0 atom stereocenters. The third kappa shape index (κ3) is 4.44. The Hall–Kier alpha value is -0.880. The number of hydrogen-bond donors (Lipinski definition) is 1. The molecule has 0 radical (unpaired) electrons. The minimum absolute atomic E-state index is 0.139. The van der Waals surface area contributed by atoms with Gasteiger partial charge in [0.2, 0.25) is 5.91 Å². The molecular formula is C9H16N2O3S. The van der Waals surface area contributed by atoms with Gasteiger partial charge in [-0.15, -0.1) is 0 Å². The number of sulfone groups is 1. The summed E-state index contributed by atoms with van der Waals surface area (Å²) in [6, 6.07) is 0. The molecule has 0 saturated carbocycles. The van der Waals surface area contributed by atoms with E-state index < -0.39 is 9.84 Å². The second-order valence-electron chi connectivity index (χ2n) is 3.47. The molecule has 1 heterocycles. The van der Waals surface area contributed by atoms with E-state index in [-0.39, 0.29) is 17.4 Å². The van der Waals surface area contributed by atoms with Crippen LogP contribution in [0.5, 0.6) is 0 Å². The maximum atomic E-state index is 11.1. The molecule has 1 fully saturated rings. The lowest BCUT2D eigenvalue weighted by Crippen LogP contribution is -2.40. The van der Waals surface area contributed by atoms with Crippen molar-refractivity contribution in [1.29, 1.82) is 0 Å². The molecule has 1 amide bonds. The molecule has 1 aliphatic rings. The van der Waals surface area contributed by atoms with Gasteiger partial charge in [0.05, 0.1) is 11.5 Å². The highest BCUT2D eigenvalue weighted by Crippen LogP contribution is 2.02. The highest BCUT2D eigenvalue weighted by molar-refractivity contribution is 7.91.